The van der Waals surface area contributed by atoms with Gasteiger partial charge in [0.15, 0.2) is 5.13 Å². The smallest absolute Gasteiger partial charge is 0.186 e. The monoisotopic (exact) mass is 273 g/mol. The summed E-state index contributed by atoms with van der Waals surface area (Å²) < 4.78 is 3.13. The minimum Gasteiger partial charge on any atom is -0.399 e. The van der Waals surface area contributed by atoms with Crippen molar-refractivity contribution in [3.8, 4) is 0 Å². The van der Waals surface area contributed by atoms with Crippen molar-refractivity contribution in [1.29, 1.82) is 0 Å². The second-order valence-electron chi connectivity index (χ2n) is 4.53. The normalized spacial score (nSPS) is 11.1. The number of thiazole rings is 1. The van der Waals surface area contributed by atoms with Crippen LogP contribution in [0.5, 0.6) is 0 Å². The molecule has 98 valence electrons. The minimum atomic E-state index is 0.735. The van der Waals surface area contributed by atoms with E-state index >= 15 is 0 Å². The minimum absolute atomic E-state index is 0.735. The highest BCUT2D eigenvalue weighted by atomic mass is 32.1. The Bertz CT molecular complexity index is 715. The van der Waals surface area contributed by atoms with E-state index < -0.39 is 0 Å². The van der Waals surface area contributed by atoms with Crippen LogP contribution in [0.15, 0.2) is 30.6 Å². The SMILES string of the molecule is CN(Cc1nccn1C)c1nc2ccc(N)cc2s1. The molecule has 6 heteroatoms. The van der Waals surface area contributed by atoms with E-state index in [2.05, 4.69) is 14.9 Å². The fraction of sp³-hybridized carbons (Fsp3) is 0.231. The summed E-state index contributed by atoms with van der Waals surface area (Å²) in [6.07, 6.45) is 3.75. The van der Waals surface area contributed by atoms with Gasteiger partial charge in [0.2, 0.25) is 0 Å². The third-order valence-electron chi connectivity index (χ3n) is 3.03. The molecular weight excluding hydrogens is 258 g/mol. The fourth-order valence-corrected chi connectivity index (χ4v) is 2.90. The molecule has 0 bridgehead atoms. The van der Waals surface area contributed by atoms with Crippen LogP contribution in [0, 0.1) is 0 Å². The molecule has 0 aliphatic heterocycles. The highest BCUT2D eigenvalue weighted by molar-refractivity contribution is 7.22. The second kappa shape index (κ2) is 4.55. The molecule has 0 saturated carbocycles. The topological polar surface area (TPSA) is 60.0 Å². The summed E-state index contributed by atoms with van der Waals surface area (Å²) in [5.74, 6) is 1.02. The summed E-state index contributed by atoms with van der Waals surface area (Å²) in [6, 6.07) is 5.80. The van der Waals surface area contributed by atoms with E-state index in [1.807, 2.05) is 49.3 Å². The number of nitrogens with two attached hydrogens (primary N) is 1. The van der Waals surface area contributed by atoms with E-state index in [0.717, 1.165) is 33.4 Å². The van der Waals surface area contributed by atoms with Gasteiger partial charge in [-0.05, 0) is 18.2 Å². The molecule has 2 heterocycles. The van der Waals surface area contributed by atoms with E-state index in [4.69, 9.17) is 5.73 Å². The van der Waals surface area contributed by atoms with Crippen molar-refractivity contribution < 1.29 is 0 Å². The van der Waals surface area contributed by atoms with Gasteiger partial charge in [-0.25, -0.2) is 9.97 Å². The maximum atomic E-state index is 5.79. The van der Waals surface area contributed by atoms with Gasteiger partial charge in [-0.15, -0.1) is 0 Å². The number of hydrogen-bond donors (Lipinski definition) is 1. The molecular formula is C13H15N5S. The van der Waals surface area contributed by atoms with Crippen molar-refractivity contribution in [3.63, 3.8) is 0 Å². The van der Waals surface area contributed by atoms with E-state index in [0.29, 0.717) is 0 Å². The van der Waals surface area contributed by atoms with Gasteiger partial charge in [-0.3, -0.25) is 0 Å². The van der Waals surface area contributed by atoms with Crippen LogP contribution in [-0.4, -0.2) is 21.6 Å². The number of aromatic nitrogens is 3. The first-order valence-electron chi connectivity index (χ1n) is 5.97. The molecule has 1 aromatic carbocycles. The lowest BCUT2D eigenvalue weighted by Gasteiger charge is -2.14. The number of hydrogen-bond acceptors (Lipinski definition) is 5. The largest absolute Gasteiger partial charge is 0.399 e. The fourth-order valence-electron chi connectivity index (χ4n) is 1.92. The van der Waals surface area contributed by atoms with Crippen LogP contribution in [0.3, 0.4) is 0 Å². The zero-order chi connectivity index (χ0) is 13.4. The van der Waals surface area contributed by atoms with Gasteiger partial charge in [0, 0.05) is 32.2 Å². The van der Waals surface area contributed by atoms with Crippen LogP contribution >= 0.6 is 11.3 Å². The number of rotatable bonds is 3. The molecule has 0 spiro atoms. The molecule has 0 aliphatic rings. The Kier molecular flexibility index (Phi) is 2.87. The van der Waals surface area contributed by atoms with Crippen molar-refractivity contribution in [1.82, 2.24) is 14.5 Å². The quantitative estimate of drug-likeness (QED) is 0.744. The van der Waals surface area contributed by atoms with E-state index in [-0.39, 0.29) is 0 Å². The standard InChI is InChI=1S/C13H15N5S/c1-17-6-5-15-12(17)8-18(2)13-16-10-4-3-9(14)7-11(10)19-13/h3-7H,8,14H2,1-2H3. The third kappa shape index (κ3) is 2.26. The summed E-state index contributed by atoms with van der Waals surface area (Å²) in [6.45, 7) is 0.735. The highest BCUT2D eigenvalue weighted by Crippen LogP contribution is 2.29. The summed E-state index contributed by atoms with van der Waals surface area (Å²) in [5.41, 5.74) is 7.55. The van der Waals surface area contributed by atoms with Crippen molar-refractivity contribution in [2.24, 2.45) is 7.05 Å². The van der Waals surface area contributed by atoms with Gasteiger partial charge >= 0.3 is 0 Å². The number of imidazole rings is 1. The molecule has 0 unspecified atom stereocenters. The van der Waals surface area contributed by atoms with E-state index in [9.17, 15) is 0 Å². The van der Waals surface area contributed by atoms with Gasteiger partial charge < -0.3 is 15.2 Å². The van der Waals surface area contributed by atoms with Crippen LogP contribution in [0.2, 0.25) is 0 Å². The molecule has 0 aliphatic carbocycles. The average molecular weight is 273 g/mol. The van der Waals surface area contributed by atoms with Crippen LogP contribution in [0.25, 0.3) is 10.2 Å². The van der Waals surface area contributed by atoms with Crippen molar-refractivity contribution in [3.05, 3.63) is 36.4 Å². The Balaban J connectivity index is 1.89. The molecule has 2 aromatic heterocycles. The molecule has 19 heavy (non-hydrogen) atoms. The first-order valence-corrected chi connectivity index (χ1v) is 6.78. The number of anilines is 2. The van der Waals surface area contributed by atoms with Gasteiger partial charge in [0.05, 0.1) is 16.8 Å². The maximum Gasteiger partial charge on any atom is 0.186 e. The zero-order valence-electron chi connectivity index (χ0n) is 10.9. The number of nitrogen functional groups attached to an aromatic ring is 1. The number of benzene rings is 1. The predicted molar refractivity (Wildman–Crippen MR) is 79.3 cm³/mol. The van der Waals surface area contributed by atoms with Crippen LogP contribution in [0.1, 0.15) is 5.82 Å². The Hall–Kier alpha value is -2.08. The molecule has 0 amide bonds. The Morgan fingerprint density at radius 3 is 3.00 bits per heavy atom. The highest BCUT2D eigenvalue weighted by Gasteiger charge is 2.11. The lowest BCUT2D eigenvalue weighted by Crippen LogP contribution is -2.18. The summed E-state index contributed by atoms with van der Waals surface area (Å²) in [7, 11) is 4.02. The lowest BCUT2D eigenvalue weighted by molar-refractivity contribution is 0.760. The number of fused-ring (bicyclic) bond motifs is 1. The van der Waals surface area contributed by atoms with Crippen LogP contribution < -0.4 is 10.6 Å². The third-order valence-corrected chi connectivity index (χ3v) is 4.16. The summed E-state index contributed by atoms with van der Waals surface area (Å²) >= 11 is 1.65. The van der Waals surface area contributed by atoms with Crippen molar-refractivity contribution >= 4 is 32.4 Å². The van der Waals surface area contributed by atoms with Gasteiger partial charge in [-0.2, -0.15) is 0 Å². The zero-order valence-corrected chi connectivity index (χ0v) is 11.7. The van der Waals surface area contributed by atoms with Crippen LogP contribution in [-0.2, 0) is 13.6 Å². The first kappa shape index (κ1) is 12.0. The predicted octanol–water partition coefficient (Wildman–Crippen LogP) is 2.25. The van der Waals surface area contributed by atoms with Gasteiger partial charge in [-0.1, -0.05) is 11.3 Å². The lowest BCUT2D eigenvalue weighted by atomic mass is 10.3. The number of aryl methyl sites for hydroxylation is 1. The molecule has 0 radical (unpaired) electrons. The molecule has 3 rings (SSSR count). The number of nitrogens with zero attached hydrogens (tertiary/aromatic N) is 4. The first-order chi connectivity index (χ1) is 9.13. The Morgan fingerprint density at radius 1 is 1.42 bits per heavy atom. The molecule has 5 nitrogen and oxygen atoms in total. The molecule has 0 saturated heterocycles. The van der Waals surface area contributed by atoms with Gasteiger partial charge in [0.25, 0.3) is 0 Å². The van der Waals surface area contributed by atoms with Crippen molar-refractivity contribution in [2.75, 3.05) is 17.7 Å². The molecule has 0 atom stereocenters. The second-order valence-corrected chi connectivity index (χ2v) is 5.54. The van der Waals surface area contributed by atoms with E-state index in [1.54, 1.807) is 11.3 Å². The summed E-state index contributed by atoms with van der Waals surface area (Å²) in [4.78, 5) is 11.0. The molecule has 0 fully saturated rings. The average Bonchev–Trinajstić information content (AvgIpc) is 2.96. The van der Waals surface area contributed by atoms with Gasteiger partial charge in [0.1, 0.15) is 5.82 Å². The molecule has 3 aromatic rings. The summed E-state index contributed by atoms with van der Waals surface area (Å²) in [5, 5.41) is 0.976. The van der Waals surface area contributed by atoms with E-state index in [1.165, 1.54) is 0 Å². The van der Waals surface area contributed by atoms with Crippen molar-refractivity contribution in [2.45, 2.75) is 6.54 Å². The van der Waals surface area contributed by atoms with Crippen LogP contribution in [0.4, 0.5) is 10.8 Å². The molecule has 2 N–H and O–H groups in total. The Labute approximate surface area is 115 Å². The maximum absolute atomic E-state index is 5.79. The Morgan fingerprint density at radius 2 is 2.26 bits per heavy atom.